The lowest BCUT2D eigenvalue weighted by Crippen LogP contribution is -2.09. The molecule has 0 atom stereocenters. The summed E-state index contributed by atoms with van der Waals surface area (Å²) < 4.78 is 15.9. The molecule has 0 amide bonds. The van der Waals surface area contributed by atoms with Crippen LogP contribution < -0.4 is 5.73 Å². The van der Waals surface area contributed by atoms with Crippen LogP contribution in [0.1, 0.15) is 38.2 Å². The van der Waals surface area contributed by atoms with Crippen molar-refractivity contribution in [3.63, 3.8) is 0 Å². The van der Waals surface area contributed by atoms with E-state index in [1.54, 1.807) is 12.1 Å². The van der Waals surface area contributed by atoms with Crippen molar-refractivity contribution in [2.24, 2.45) is 0 Å². The predicted octanol–water partition coefficient (Wildman–Crippen LogP) is 3.72. The van der Waals surface area contributed by atoms with Crippen molar-refractivity contribution in [3.8, 4) is 11.3 Å². The normalized spacial score (nSPS) is 11.3. The maximum atomic E-state index is 14.0. The van der Waals surface area contributed by atoms with Crippen LogP contribution in [0.3, 0.4) is 0 Å². The molecule has 102 valence electrons. The van der Waals surface area contributed by atoms with E-state index >= 15 is 0 Å². The first-order valence-electron chi connectivity index (χ1n) is 6.58. The number of halogens is 1. The van der Waals surface area contributed by atoms with Gasteiger partial charge in [0.2, 0.25) is 0 Å². The van der Waals surface area contributed by atoms with Gasteiger partial charge in [0.1, 0.15) is 23.2 Å². The molecule has 1 aromatic carbocycles. The third-order valence-electron chi connectivity index (χ3n) is 3.23. The van der Waals surface area contributed by atoms with E-state index in [1.165, 1.54) is 6.07 Å². The monoisotopic (exact) mass is 261 g/mol. The van der Waals surface area contributed by atoms with Crippen LogP contribution in [0.2, 0.25) is 0 Å². The second-order valence-electron chi connectivity index (χ2n) is 5.06. The molecular formula is C15H20FN3. The summed E-state index contributed by atoms with van der Waals surface area (Å²) in [7, 11) is 0. The molecule has 2 aromatic rings. The first kappa shape index (κ1) is 13.6. The van der Waals surface area contributed by atoms with Crippen LogP contribution in [-0.2, 0) is 6.42 Å². The third kappa shape index (κ3) is 2.35. The summed E-state index contributed by atoms with van der Waals surface area (Å²) in [6.07, 6.45) is 0.774. The molecule has 1 heterocycles. The van der Waals surface area contributed by atoms with Crippen LogP contribution in [0.25, 0.3) is 11.3 Å². The van der Waals surface area contributed by atoms with E-state index in [-0.39, 0.29) is 11.9 Å². The van der Waals surface area contributed by atoms with Gasteiger partial charge in [0.15, 0.2) is 0 Å². The quantitative estimate of drug-likeness (QED) is 0.915. The Hall–Kier alpha value is -1.84. The van der Waals surface area contributed by atoms with E-state index in [0.29, 0.717) is 17.1 Å². The van der Waals surface area contributed by atoms with Gasteiger partial charge in [0.25, 0.3) is 0 Å². The zero-order chi connectivity index (χ0) is 14.2. The summed E-state index contributed by atoms with van der Waals surface area (Å²) in [5.41, 5.74) is 8.19. The Morgan fingerprint density at radius 2 is 2.05 bits per heavy atom. The molecule has 0 saturated heterocycles. The molecule has 0 aliphatic heterocycles. The molecule has 0 aliphatic rings. The summed E-state index contributed by atoms with van der Waals surface area (Å²) in [5, 5.41) is 0. The van der Waals surface area contributed by atoms with E-state index in [2.05, 4.69) is 4.98 Å². The number of aromatic nitrogens is 2. The number of hydrogen-bond donors (Lipinski definition) is 1. The summed E-state index contributed by atoms with van der Waals surface area (Å²) in [6.45, 7) is 8.05. The summed E-state index contributed by atoms with van der Waals surface area (Å²) in [6, 6.07) is 5.21. The maximum absolute atomic E-state index is 14.0. The lowest BCUT2D eigenvalue weighted by Gasteiger charge is -2.12. The molecule has 0 bridgehead atoms. The minimum atomic E-state index is -0.284. The minimum absolute atomic E-state index is 0.212. The molecule has 0 aliphatic carbocycles. The van der Waals surface area contributed by atoms with Gasteiger partial charge in [-0.25, -0.2) is 9.37 Å². The Morgan fingerprint density at radius 1 is 1.37 bits per heavy atom. The SMILES string of the molecule is CCc1nc(-c2cc(C)ccc2F)c(N)n1C(C)C. The Kier molecular flexibility index (Phi) is 3.60. The molecule has 19 heavy (non-hydrogen) atoms. The van der Waals surface area contributed by atoms with E-state index in [1.807, 2.05) is 32.3 Å². The summed E-state index contributed by atoms with van der Waals surface area (Å²) in [5.74, 6) is 1.15. The van der Waals surface area contributed by atoms with Crippen molar-refractivity contribution in [2.45, 2.75) is 40.2 Å². The minimum Gasteiger partial charge on any atom is -0.383 e. The highest BCUT2D eigenvalue weighted by Crippen LogP contribution is 2.31. The van der Waals surface area contributed by atoms with Crippen molar-refractivity contribution in [1.29, 1.82) is 0 Å². The van der Waals surface area contributed by atoms with Crippen LogP contribution in [0, 0.1) is 12.7 Å². The Morgan fingerprint density at radius 3 is 2.58 bits per heavy atom. The Balaban J connectivity index is 2.66. The highest BCUT2D eigenvalue weighted by atomic mass is 19.1. The summed E-state index contributed by atoms with van der Waals surface area (Å²) >= 11 is 0. The van der Waals surface area contributed by atoms with E-state index < -0.39 is 0 Å². The molecule has 0 unspecified atom stereocenters. The zero-order valence-corrected chi connectivity index (χ0v) is 11.9. The number of nitrogens with zero attached hydrogens (tertiary/aromatic N) is 2. The standard InChI is InChI=1S/C15H20FN3/c1-5-13-18-14(15(17)19(13)9(2)3)11-8-10(4)6-7-12(11)16/h6-9H,5,17H2,1-4H3. The van der Waals surface area contributed by atoms with Crippen molar-refractivity contribution >= 4 is 5.82 Å². The number of anilines is 1. The van der Waals surface area contributed by atoms with Crippen LogP contribution in [0.15, 0.2) is 18.2 Å². The van der Waals surface area contributed by atoms with Crippen LogP contribution in [0.4, 0.5) is 10.2 Å². The van der Waals surface area contributed by atoms with Crippen molar-refractivity contribution in [1.82, 2.24) is 9.55 Å². The first-order valence-corrected chi connectivity index (χ1v) is 6.58. The van der Waals surface area contributed by atoms with Crippen LogP contribution in [-0.4, -0.2) is 9.55 Å². The van der Waals surface area contributed by atoms with Gasteiger partial charge in [-0.15, -0.1) is 0 Å². The average Bonchev–Trinajstić information content (AvgIpc) is 2.69. The molecule has 0 saturated carbocycles. The average molecular weight is 261 g/mol. The third-order valence-corrected chi connectivity index (χ3v) is 3.23. The van der Waals surface area contributed by atoms with Crippen molar-refractivity contribution in [2.75, 3.05) is 5.73 Å². The van der Waals surface area contributed by atoms with Gasteiger partial charge in [-0.1, -0.05) is 18.6 Å². The number of nitrogens with two attached hydrogens (primary N) is 1. The van der Waals surface area contributed by atoms with E-state index in [0.717, 1.165) is 17.8 Å². The Labute approximate surface area is 113 Å². The van der Waals surface area contributed by atoms with Gasteiger partial charge in [-0.2, -0.15) is 0 Å². The molecule has 0 radical (unpaired) electrons. The first-order chi connectivity index (χ1) is 8.95. The molecular weight excluding hydrogens is 241 g/mol. The smallest absolute Gasteiger partial charge is 0.132 e. The van der Waals surface area contributed by atoms with Crippen LogP contribution >= 0.6 is 0 Å². The number of hydrogen-bond acceptors (Lipinski definition) is 2. The zero-order valence-electron chi connectivity index (χ0n) is 11.9. The van der Waals surface area contributed by atoms with Gasteiger partial charge >= 0.3 is 0 Å². The molecule has 0 spiro atoms. The topological polar surface area (TPSA) is 43.8 Å². The molecule has 1 aromatic heterocycles. The van der Waals surface area contributed by atoms with Crippen LogP contribution in [0.5, 0.6) is 0 Å². The number of nitrogen functional groups attached to an aromatic ring is 1. The van der Waals surface area contributed by atoms with Gasteiger partial charge in [0, 0.05) is 18.0 Å². The fraction of sp³-hybridized carbons (Fsp3) is 0.400. The van der Waals surface area contributed by atoms with Crippen molar-refractivity contribution < 1.29 is 4.39 Å². The fourth-order valence-electron chi connectivity index (χ4n) is 2.34. The van der Waals surface area contributed by atoms with Gasteiger partial charge < -0.3 is 10.3 Å². The number of rotatable bonds is 3. The number of benzene rings is 1. The molecule has 2 N–H and O–H groups in total. The molecule has 2 rings (SSSR count). The number of imidazole rings is 1. The van der Waals surface area contributed by atoms with Gasteiger partial charge in [-0.05, 0) is 32.9 Å². The van der Waals surface area contributed by atoms with Gasteiger partial charge in [-0.3, -0.25) is 0 Å². The maximum Gasteiger partial charge on any atom is 0.132 e. The predicted molar refractivity (Wildman–Crippen MR) is 76.5 cm³/mol. The second-order valence-corrected chi connectivity index (χ2v) is 5.06. The van der Waals surface area contributed by atoms with Gasteiger partial charge in [0.05, 0.1) is 0 Å². The highest BCUT2D eigenvalue weighted by molar-refractivity contribution is 5.72. The largest absolute Gasteiger partial charge is 0.383 e. The Bertz CT molecular complexity index is 600. The highest BCUT2D eigenvalue weighted by Gasteiger charge is 2.19. The lowest BCUT2D eigenvalue weighted by molar-refractivity contribution is 0.579. The summed E-state index contributed by atoms with van der Waals surface area (Å²) in [4.78, 5) is 4.52. The molecule has 0 fully saturated rings. The fourth-order valence-corrected chi connectivity index (χ4v) is 2.34. The second kappa shape index (κ2) is 5.03. The van der Waals surface area contributed by atoms with E-state index in [4.69, 9.17) is 5.73 Å². The number of aryl methyl sites for hydroxylation is 2. The van der Waals surface area contributed by atoms with E-state index in [9.17, 15) is 4.39 Å². The van der Waals surface area contributed by atoms with Crippen molar-refractivity contribution in [3.05, 3.63) is 35.4 Å². The molecule has 3 nitrogen and oxygen atoms in total. The lowest BCUT2D eigenvalue weighted by atomic mass is 10.1. The molecule has 4 heteroatoms.